The van der Waals surface area contributed by atoms with Crippen LogP contribution < -0.4 is 4.74 Å². The number of rotatable bonds is 7. The molecule has 140 valence electrons. The lowest BCUT2D eigenvalue weighted by molar-refractivity contribution is -0.149. The van der Waals surface area contributed by atoms with Gasteiger partial charge in [-0.25, -0.2) is 4.79 Å². The van der Waals surface area contributed by atoms with Crippen LogP contribution in [0.3, 0.4) is 0 Å². The van der Waals surface area contributed by atoms with Crippen LogP contribution in [0.25, 0.3) is 11.4 Å². The van der Waals surface area contributed by atoms with Gasteiger partial charge in [0.1, 0.15) is 12.4 Å². The van der Waals surface area contributed by atoms with Gasteiger partial charge in [-0.3, -0.25) is 0 Å². The Morgan fingerprint density at radius 3 is 2.70 bits per heavy atom. The molecule has 3 rings (SSSR count). The van der Waals surface area contributed by atoms with E-state index in [0.29, 0.717) is 23.0 Å². The molecule has 0 saturated carbocycles. The summed E-state index contributed by atoms with van der Waals surface area (Å²) < 4.78 is 10.6. The highest BCUT2D eigenvalue weighted by atomic mass is 35.5. The first-order valence-electron chi connectivity index (χ1n) is 8.45. The summed E-state index contributed by atoms with van der Waals surface area (Å²) in [6.45, 7) is 2.01. The van der Waals surface area contributed by atoms with E-state index in [-0.39, 0.29) is 6.61 Å². The summed E-state index contributed by atoms with van der Waals surface area (Å²) in [5, 5.41) is 13.0. The van der Waals surface area contributed by atoms with Gasteiger partial charge in [-0.15, -0.1) is 15.0 Å². The van der Waals surface area contributed by atoms with Crippen molar-refractivity contribution in [2.24, 2.45) is 0 Å². The average molecular weight is 387 g/mol. The first-order chi connectivity index (χ1) is 13.1. The van der Waals surface area contributed by atoms with Crippen molar-refractivity contribution in [1.29, 1.82) is 0 Å². The minimum absolute atomic E-state index is 0.144. The van der Waals surface area contributed by atoms with Gasteiger partial charge in [0.2, 0.25) is 5.82 Å². The molecule has 7 nitrogen and oxygen atoms in total. The van der Waals surface area contributed by atoms with Crippen molar-refractivity contribution < 1.29 is 14.3 Å². The van der Waals surface area contributed by atoms with Crippen LogP contribution in [0.15, 0.2) is 48.5 Å². The van der Waals surface area contributed by atoms with E-state index in [2.05, 4.69) is 15.4 Å². The highest BCUT2D eigenvalue weighted by Crippen LogP contribution is 2.20. The Balaban J connectivity index is 1.68. The van der Waals surface area contributed by atoms with E-state index in [1.54, 1.807) is 31.4 Å². The summed E-state index contributed by atoms with van der Waals surface area (Å²) in [6, 6.07) is 13.8. The number of carbonyl (C=O) groups excluding carboxylic acids is 1. The molecule has 1 aromatic heterocycles. The fourth-order valence-electron chi connectivity index (χ4n) is 2.51. The quantitative estimate of drug-likeness (QED) is 0.576. The summed E-state index contributed by atoms with van der Waals surface area (Å²) >= 11 is 5.89. The van der Waals surface area contributed by atoms with E-state index in [4.69, 9.17) is 21.1 Å². The highest BCUT2D eigenvalue weighted by molar-refractivity contribution is 6.30. The number of hydrogen-bond acceptors (Lipinski definition) is 6. The van der Waals surface area contributed by atoms with Gasteiger partial charge < -0.3 is 9.47 Å². The summed E-state index contributed by atoms with van der Waals surface area (Å²) in [5.74, 6) is 0.715. The number of halogens is 1. The van der Waals surface area contributed by atoms with E-state index < -0.39 is 12.0 Å². The number of hydrogen-bond donors (Lipinski definition) is 0. The lowest BCUT2D eigenvalue weighted by atomic mass is 10.2. The number of esters is 1. The van der Waals surface area contributed by atoms with Crippen LogP contribution in [0.1, 0.15) is 24.9 Å². The van der Waals surface area contributed by atoms with Gasteiger partial charge in [-0.1, -0.05) is 30.7 Å². The van der Waals surface area contributed by atoms with Crippen molar-refractivity contribution in [2.75, 3.05) is 7.11 Å². The molecular formula is C19H19ClN4O3. The molecule has 0 aliphatic carbocycles. The van der Waals surface area contributed by atoms with Crippen LogP contribution >= 0.6 is 11.6 Å². The molecule has 0 amide bonds. The second-order valence-corrected chi connectivity index (χ2v) is 6.26. The third-order valence-corrected chi connectivity index (χ3v) is 4.24. The minimum atomic E-state index is -0.649. The summed E-state index contributed by atoms with van der Waals surface area (Å²) in [4.78, 5) is 13.8. The molecule has 0 N–H and O–H groups in total. The minimum Gasteiger partial charge on any atom is -0.497 e. The SMILES string of the molecule is CCC(C(=O)OCc1cccc(OC)c1)n1nnc(-c2ccc(Cl)cc2)n1. The molecule has 1 heterocycles. The summed E-state index contributed by atoms with van der Waals surface area (Å²) in [6.07, 6.45) is 0.480. The molecule has 0 bridgehead atoms. The molecule has 8 heteroatoms. The van der Waals surface area contributed by atoms with E-state index >= 15 is 0 Å². The van der Waals surface area contributed by atoms with Crippen molar-refractivity contribution in [2.45, 2.75) is 26.0 Å². The highest BCUT2D eigenvalue weighted by Gasteiger charge is 2.23. The number of ether oxygens (including phenoxy) is 2. The van der Waals surface area contributed by atoms with Crippen molar-refractivity contribution in [3.8, 4) is 17.1 Å². The van der Waals surface area contributed by atoms with Gasteiger partial charge >= 0.3 is 5.97 Å². The zero-order valence-corrected chi connectivity index (χ0v) is 15.8. The number of nitrogens with zero attached hydrogens (tertiary/aromatic N) is 4. The zero-order valence-electron chi connectivity index (χ0n) is 15.0. The number of methoxy groups -OCH3 is 1. The van der Waals surface area contributed by atoms with Crippen LogP contribution in [-0.2, 0) is 16.1 Å². The van der Waals surface area contributed by atoms with Crippen molar-refractivity contribution in [3.63, 3.8) is 0 Å². The van der Waals surface area contributed by atoms with Crippen molar-refractivity contribution >= 4 is 17.6 Å². The Morgan fingerprint density at radius 2 is 2.00 bits per heavy atom. The molecule has 0 aliphatic heterocycles. The van der Waals surface area contributed by atoms with Crippen LogP contribution in [-0.4, -0.2) is 33.3 Å². The molecule has 0 radical (unpaired) electrons. The first kappa shape index (κ1) is 18.8. The van der Waals surface area contributed by atoms with Gasteiger partial charge in [0.15, 0.2) is 6.04 Å². The summed E-state index contributed by atoms with van der Waals surface area (Å²) in [7, 11) is 1.59. The molecule has 0 aliphatic rings. The molecule has 27 heavy (non-hydrogen) atoms. The number of tetrazole rings is 1. The fraction of sp³-hybridized carbons (Fsp3) is 0.263. The predicted molar refractivity (Wildman–Crippen MR) is 100 cm³/mol. The van der Waals surface area contributed by atoms with Gasteiger partial charge in [0.05, 0.1) is 7.11 Å². The predicted octanol–water partition coefficient (Wildman–Crippen LogP) is 3.70. The second-order valence-electron chi connectivity index (χ2n) is 5.82. The van der Waals surface area contributed by atoms with Gasteiger partial charge in [0, 0.05) is 10.6 Å². The zero-order chi connectivity index (χ0) is 19.2. The monoisotopic (exact) mass is 386 g/mol. The van der Waals surface area contributed by atoms with Crippen LogP contribution in [0, 0.1) is 0 Å². The number of carbonyl (C=O) groups is 1. The van der Waals surface area contributed by atoms with Gasteiger partial charge in [-0.2, -0.15) is 0 Å². The summed E-state index contributed by atoms with van der Waals surface area (Å²) in [5.41, 5.74) is 1.61. The Morgan fingerprint density at radius 1 is 1.22 bits per heavy atom. The number of aromatic nitrogens is 4. The van der Waals surface area contributed by atoms with E-state index in [1.807, 2.05) is 31.2 Å². The molecule has 0 fully saturated rings. The largest absolute Gasteiger partial charge is 0.497 e. The molecule has 3 aromatic rings. The fourth-order valence-corrected chi connectivity index (χ4v) is 2.63. The molecular weight excluding hydrogens is 368 g/mol. The normalized spacial score (nSPS) is 11.8. The smallest absolute Gasteiger partial charge is 0.333 e. The van der Waals surface area contributed by atoms with Crippen LogP contribution in [0.5, 0.6) is 5.75 Å². The maximum atomic E-state index is 12.5. The Bertz CT molecular complexity index is 911. The Hall–Kier alpha value is -2.93. The van der Waals surface area contributed by atoms with Crippen molar-refractivity contribution in [1.82, 2.24) is 20.2 Å². The van der Waals surface area contributed by atoms with E-state index in [1.165, 1.54) is 4.80 Å². The van der Waals surface area contributed by atoms with Gasteiger partial charge in [-0.05, 0) is 53.6 Å². The average Bonchev–Trinajstić information content (AvgIpc) is 3.17. The lowest BCUT2D eigenvalue weighted by Crippen LogP contribution is -2.23. The standard InChI is InChI=1S/C19H19ClN4O3/c1-3-17(19(25)27-12-13-5-4-6-16(11-13)26-2)24-22-18(21-23-24)14-7-9-15(20)10-8-14/h4-11,17H,3,12H2,1-2H3. The maximum absolute atomic E-state index is 12.5. The van der Waals surface area contributed by atoms with E-state index in [9.17, 15) is 4.79 Å². The second kappa shape index (κ2) is 8.64. The van der Waals surface area contributed by atoms with Crippen LogP contribution in [0.2, 0.25) is 5.02 Å². The third kappa shape index (κ3) is 4.62. The third-order valence-electron chi connectivity index (χ3n) is 3.98. The van der Waals surface area contributed by atoms with Gasteiger partial charge in [0.25, 0.3) is 0 Å². The van der Waals surface area contributed by atoms with E-state index in [0.717, 1.165) is 11.1 Å². The van der Waals surface area contributed by atoms with Crippen molar-refractivity contribution in [3.05, 3.63) is 59.1 Å². The molecule has 2 aromatic carbocycles. The molecule has 0 saturated heterocycles. The Labute approximate surface area is 161 Å². The number of benzene rings is 2. The van der Waals surface area contributed by atoms with Crippen LogP contribution in [0.4, 0.5) is 0 Å². The molecule has 1 atom stereocenters. The molecule has 0 spiro atoms. The first-order valence-corrected chi connectivity index (χ1v) is 8.83. The molecule has 1 unspecified atom stereocenters. The maximum Gasteiger partial charge on any atom is 0.333 e. The lowest BCUT2D eigenvalue weighted by Gasteiger charge is -2.13. The Kier molecular flexibility index (Phi) is 6.03. The topological polar surface area (TPSA) is 79.1 Å².